The zero-order valence-corrected chi connectivity index (χ0v) is 11.6. The molecule has 106 valence electrons. The molecule has 1 saturated heterocycles. The Labute approximate surface area is 123 Å². The summed E-state index contributed by atoms with van der Waals surface area (Å²) >= 11 is 0. The van der Waals surface area contributed by atoms with E-state index >= 15 is 0 Å². The minimum atomic E-state index is -0.0937. The van der Waals surface area contributed by atoms with Crippen LogP contribution in [0.5, 0.6) is 0 Å². The Morgan fingerprint density at radius 3 is 2.95 bits per heavy atom. The Balaban J connectivity index is 0.00000147. The van der Waals surface area contributed by atoms with Crippen molar-refractivity contribution >= 4 is 24.0 Å². The number of rotatable bonds is 3. The van der Waals surface area contributed by atoms with Gasteiger partial charge in [-0.25, -0.2) is 9.67 Å². The van der Waals surface area contributed by atoms with Gasteiger partial charge in [0.25, 0.3) is 0 Å². The minimum Gasteiger partial charge on any atom is -0.323 e. The van der Waals surface area contributed by atoms with Gasteiger partial charge in [-0.15, -0.1) is 12.4 Å². The number of nitrogens with one attached hydrogen (secondary N) is 2. The fourth-order valence-electron chi connectivity index (χ4n) is 2.24. The van der Waals surface area contributed by atoms with E-state index in [0.29, 0.717) is 0 Å². The zero-order chi connectivity index (χ0) is 13.1. The molecule has 2 heterocycles. The molecule has 1 aliphatic heterocycles. The highest BCUT2D eigenvalue weighted by atomic mass is 35.5. The van der Waals surface area contributed by atoms with Gasteiger partial charge in [0.15, 0.2) is 0 Å². The van der Waals surface area contributed by atoms with Gasteiger partial charge < -0.3 is 10.6 Å². The maximum absolute atomic E-state index is 12.1. The van der Waals surface area contributed by atoms with Crippen molar-refractivity contribution in [2.45, 2.75) is 18.9 Å². The van der Waals surface area contributed by atoms with Crippen LogP contribution in [0.1, 0.15) is 12.8 Å². The molecule has 1 atom stereocenters. The molecule has 1 amide bonds. The molecule has 0 saturated carbocycles. The summed E-state index contributed by atoms with van der Waals surface area (Å²) in [5.74, 6) is 0.00469. The van der Waals surface area contributed by atoms with Crippen molar-refractivity contribution in [2.75, 3.05) is 11.9 Å². The van der Waals surface area contributed by atoms with Gasteiger partial charge in [-0.05, 0) is 31.5 Å². The van der Waals surface area contributed by atoms with Crippen molar-refractivity contribution < 1.29 is 4.79 Å². The Morgan fingerprint density at radius 2 is 2.25 bits per heavy atom. The van der Waals surface area contributed by atoms with Gasteiger partial charge in [0.2, 0.25) is 5.91 Å². The molecule has 1 unspecified atom stereocenters. The summed E-state index contributed by atoms with van der Waals surface area (Å²) in [6.45, 7) is 0.906. The minimum absolute atomic E-state index is 0. The van der Waals surface area contributed by atoms with E-state index in [0.717, 1.165) is 30.8 Å². The molecule has 1 aromatic carbocycles. The number of aromatic nitrogens is 3. The third-order valence-corrected chi connectivity index (χ3v) is 3.20. The van der Waals surface area contributed by atoms with Gasteiger partial charge in [-0.3, -0.25) is 4.79 Å². The summed E-state index contributed by atoms with van der Waals surface area (Å²) in [5, 5.41) is 10.2. The number of carbonyl (C=O) groups is 1. The number of nitrogens with zero attached hydrogens (tertiary/aromatic N) is 3. The van der Waals surface area contributed by atoms with Crippen LogP contribution in [0.3, 0.4) is 0 Å². The Hall–Kier alpha value is -1.92. The number of hydrogen-bond acceptors (Lipinski definition) is 4. The molecule has 2 N–H and O–H groups in total. The average Bonchev–Trinajstić information content (AvgIpc) is 3.13. The lowest BCUT2D eigenvalue weighted by molar-refractivity contribution is -0.117. The molecular weight excluding hydrogens is 278 g/mol. The van der Waals surface area contributed by atoms with Gasteiger partial charge in [-0.1, -0.05) is 12.1 Å². The Bertz CT molecular complexity index is 566. The van der Waals surface area contributed by atoms with Crippen LogP contribution < -0.4 is 10.6 Å². The molecule has 1 aromatic heterocycles. The van der Waals surface area contributed by atoms with Crippen LogP contribution in [0, 0.1) is 0 Å². The van der Waals surface area contributed by atoms with E-state index < -0.39 is 0 Å². The standard InChI is InChI=1S/C13H15N5O.ClH/c19-13(11-5-3-7-15-11)17-10-4-1-2-6-12(10)18-9-14-8-16-18;/h1-2,4,6,8-9,11,15H,3,5,7H2,(H,17,19);1H. The topological polar surface area (TPSA) is 71.8 Å². The first-order chi connectivity index (χ1) is 9.34. The van der Waals surface area contributed by atoms with Gasteiger partial charge in [0.1, 0.15) is 12.7 Å². The molecule has 0 aliphatic carbocycles. The van der Waals surface area contributed by atoms with Crippen molar-refractivity contribution in [3.05, 3.63) is 36.9 Å². The number of halogens is 1. The number of carbonyl (C=O) groups excluding carboxylic acids is 1. The first-order valence-corrected chi connectivity index (χ1v) is 6.33. The van der Waals surface area contributed by atoms with Crippen LogP contribution in [0.2, 0.25) is 0 Å². The van der Waals surface area contributed by atoms with Crippen molar-refractivity contribution in [1.29, 1.82) is 0 Å². The van der Waals surface area contributed by atoms with Crippen molar-refractivity contribution in [3.8, 4) is 5.69 Å². The maximum atomic E-state index is 12.1. The molecule has 1 aliphatic rings. The fraction of sp³-hybridized carbons (Fsp3) is 0.308. The molecule has 0 spiro atoms. The van der Waals surface area contributed by atoms with Crippen LogP contribution in [0.25, 0.3) is 5.69 Å². The van der Waals surface area contributed by atoms with E-state index in [9.17, 15) is 4.79 Å². The van der Waals surface area contributed by atoms with Crippen molar-refractivity contribution in [1.82, 2.24) is 20.1 Å². The van der Waals surface area contributed by atoms with Crippen molar-refractivity contribution in [2.24, 2.45) is 0 Å². The number of hydrogen-bond donors (Lipinski definition) is 2. The monoisotopic (exact) mass is 293 g/mol. The molecule has 3 rings (SSSR count). The highest BCUT2D eigenvalue weighted by Gasteiger charge is 2.22. The average molecular weight is 294 g/mol. The Morgan fingerprint density at radius 1 is 1.40 bits per heavy atom. The molecule has 0 radical (unpaired) electrons. The summed E-state index contributed by atoms with van der Waals surface area (Å²) in [7, 11) is 0. The third kappa shape index (κ3) is 2.97. The second-order valence-corrected chi connectivity index (χ2v) is 4.50. The predicted octanol–water partition coefficient (Wildman–Crippen LogP) is 1.38. The van der Waals surface area contributed by atoms with Gasteiger partial charge in [0, 0.05) is 0 Å². The summed E-state index contributed by atoms with van der Waals surface area (Å²) in [6.07, 6.45) is 5.01. The molecule has 0 bridgehead atoms. The predicted molar refractivity (Wildman–Crippen MR) is 78.3 cm³/mol. The van der Waals surface area contributed by atoms with Crippen molar-refractivity contribution in [3.63, 3.8) is 0 Å². The number of para-hydroxylation sites is 2. The molecule has 20 heavy (non-hydrogen) atoms. The number of anilines is 1. The smallest absolute Gasteiger partial charge is 0.241 e. The third-order valence-electron chi connectivity index (χ3n) is 3.20. The SMILES string of the molecule is Cl.O=C(Nc1ccccc1-n1cncn1)C1CCCN1. The summed E-state index contributed by atoms with van der Waals surface area (Å²) in [6, 6.07) is 7.46. The van der Waals surface area contributed by atoms with Crippen LogP contribution >= 0.6 is 12.4 Å². The van der Waals surface area contributed by atoms with E-state index in [-0.39, 0.29) is 24.4 Å². The number of amides is 1. The molecular formula is C13H16ClN5O. The molecule has 7 heteroatoms. The fourth-order valence-corrected chi connectivity index (χ4v) is 2.24. The highest BCUT2D eigenvalue weighted by molar-refractivity contribution is 5.96. The van der Waals surface area contributed by atoms with Crippen LogP contribution in [0.15, 0.2) is 36.9 Å². The summed E-state index contributed by atoms with van der Waals surface area (Å²) < 4.78 is 1.64. The lowest BCUT2D eigenvalue weighted by Crippen LogP contribution is -2.35. The van der Waals surface area contributed by atoms with E-state index in [2.05, 4.69) is 20.7 Å². The summed E-state index contributed by atoms with van der Waals surface area (Å²) in [4.78, 5) is 16.0. The van der Waals surface area contributed by atoms with Gasteiger partial charge in [-0.2, -0.15) is 5.10 Å². The second-order valence-electron chi connectivity index (χ2n) is 4.50. The normalized spacial score (nSPS) is 17.5. The van der Waals surface area contributed by atoms with E-state index in [1.54, 1.807) is 11.0 Å². The lowest BCUT2D eigenvalue weighted by atomic mass is 10.2. The van der Waals surface area contributed by atoms with Crippen LogP contribution in [-0.4, -0.2) is 33.3 Å². The lowest BCUT2D eigenvalue weighted by Gasteiger charge is -2.14. The first kappa shape index (κ1) is 14.5. The number of benzene rings is 1. The maximum Gasteiger partial charge on any atom is 0.241 e. The quantitative estimate of drug-likeness (QED) is 0.897. The molecule has 1 fully saturated rings. The molecule has 6 nitrogen and oxygen atoms in total. The first-order valence-electron chi connectivity index (χ1n) is 6.33. The van der Waals surface area contributed by atoms with Gasteiger partial charge >= 0.3 is 0 Å². The van der Waals surface area contributed by atoms with Crippen LogP contribution in [0.4, 0.5) is 5.69 Å². The largest absolute Gasteiger partial charge is 0.323 e. The zero-order valence-electron chi connectivity index (χ0n) is 10.8. The van der Waals surface area contributed by atoms with E-state index in [1.807, 2.05) is 24.3 Å². The molecule has 2 aromatic rings. The highest BCUT2D eigenvalue weighted by Crippen LogP contribution is 2.19. The Kier molecular flexibility index (Phi) is 4.70. The van der Waals surface area contributed by atoms with E-state index in [4.69, 9.17) is 0 Å². The summed E-state index contributed by atoms with van der Waals surface area (Å²) in [5.41, 5.74) is 1.55. The second kappa shape index (κ2) is 6.49. The van der Waals surface area contributed by atoms with Crippen LogP contribution in [-0.2, 0) is 4.79 Å². The van der Waals surface area contributed by atoms with Gasteiger partial charge in [0.05, 0.1) is 17.4 Å². The van der Waals surface area contributed by atoms with E-state index in [1.165, 1.54) is 6.33 Å².